The number of rotatable bonds is 12. The third kappa shape index (κ3) is 8.28. The van der Waals surface area contributed by atoms with Crippen molar-refractivity contribution in [2.24, 2.45) is 11.8 Å². The first-order chi connectivity index (χ1) is 28.8. The number of fused-ring (bicyclic) bond motifs is 2. The molecule has 2 fully saturated rings. The van der Waals surface area contributed by atoms with Crippen LogP contribution in [0.2, 0.25) is 0 Å². The average Bonchev–Trinajstić information content (AvgIpc) is 4.07. The van der Waals surface area contributed by atoms with Crippen molar-refractivity contribution in [3.63, 3.8) is 0 Å². The maximum atomic E-state index is 14.0. The molecule has 2 aliphatic heterocycles. The maximum absolute atomic E-state index is 14.0. The third-order valence-corrected chi connectivity index (χ3v) is 12.4. The molecule has 5 aromatic rings. The van der Waals surface area contributed by atoms with Gasteiger partial charge in [-0.25, -0.2) is 19.6 Å². The van der Waals surface area contributed by atoms with Crippen LogP contribution in [0.4, 0.5) is 9.59 Å². The summed E-state index contributed by atoms with van der Waals surface area (Å²) in [4.78, 5) is 73.1. The van der Waals surface area contributed by atoms with Gasteiger partial charge in [0.05, 0.1) is 48.4 Å². The molecule has 0 unspecified atom stereocenters. The van der Waals surface area contributed by atoms with Crippen LogP contribution in [0.1, 0.15) is 104 Å². The highest BCUT2D eigenvalue weighted by Gasteiger charge is 2.43. The molecule has 4 N–H and O–H groups in total. The van der Waals surface area contributed by atoms with Gasteiger partial charge in [-0.15, -0.1) is 0 Å². The Bertz CT molecular complexity index is 2190. The van der Waals surface area contributed by atoms with Crippen LogP contribution in [0, 0.1) is 11.8 Å². The molecule has 14 heteroatoms. The van der Waals surface area contributed by atoms with Gasteiger partial charge in [0.25, 0.3) is 0 Å². The molecule has 60 heavy (non-hydrogen) atoms. The van der Waals surface area contributed by atoms with Gasteiger partial charge in [-0.1, -0.05) is 77.9 Å². The molecule has 0 aliphatic carbocycles. The van der Waals surface area contributed by atoms with Crippen LogP contribution < -0.4 is 10.6 Å². The molecule has 3 aromatic carbocycles. The molecule has 2 aromatic heterocycles. The molecule has 14 nitrogen and oxygen atoms in total. The fourth-order valence-corrected chi connectivity index (χ4v) is 9.08. The Kier molecular flexibility index (Phi) is 12.5. The second kappa shape index (κ2) is 17.7. The van der Waals surface area contributed by atoms with Gasteiger partial charge in [0.2, 0.25) is 11.8 Å². The fourth-order valence-electron chi connectivity index (χ4n) is 9.08. The quantitative estimate of drug-likeness (QED) is 0.0971. The smallest absolute Gasteiger partial charge is 0.407 e. The number of ether oxygens (including phenoxy) is 2. The second-order valence-electron chi connectivity index (χ2n) is 16.8. The lowest BCUT2D eigenvalue weighted by Gasteiger charge is -2.33. The van der Waals surface area contributed by atoms with Crippen molar-refractivity contribution in [1.29, 1.82) is 0 Å². The Morgan fingerprint density at radius 2 is 0.983 bits per heavy atom. The van der Waals surface area contributed by atoms with Crippen LogP contribution in [-0.2, 0) is 19.1 Å². The average molecular weight is 819 g/mol. The van der Waals surface area contributed by atoms with E-state index >= 15 is 0 Å². The number of hydrogen-bond donors (Lipinski definition) is 4. The number of carbonyl (C=O) groups excluding carboxylic acids is 4. The SMILES string of the molecule is CC[C@@H]1CC[C@@H](c2nc3ccc(-c4ccc(-c5ccc6nc([C@@H]7CC[C@@H](CC)N7C(=O)[C@@H](NC(=O)OC)C(C)C)[nH]c6c5)cc4)cc3[nH]2)N1C(=O)[C@@H](NC(=O)OC)C(C)C. The number of carbonyl (C=O) groups is 4. The van der Waals surface area contributed by atoms with Crippen molar-refractivity contribution in [1.82, 2.24) is 40.4 Å². The third-order valence-electron chi connectivity index (χ3n) is 12.4. The molecule has 0 saturated carbocycles. The minimum atomic E-state index is -0.708. The number of hydrogen-bond acceptors (Lipinski definition) is 8. The van der Waals surface area contributed by atoms with E-state index < -0.39 is 24.3 Å². The number of likely N-dealkylation sites (tertiary alicyclic amines) is 2. The van der Waals surface area contributed by atoms with Gasteiger partial charge in [-0.2, -0.15) is 0 Å². The van der Waals surface area contributed by atoms with Crippen LogP contribution in [0.15, 0.2) is 60.7 Å². The van der Waals surface area contributed by atoms with E-state index in [1.807, 2.05) is 49.6 Å². The summed E-state index contributed by atoms with van der Waals surface area (Å²) in [5, 5.41) is 5.51. The summed E-state index contributed by atoms with van der Waals surface area (Å²) in [6.07, 6.45) is 3.64. The highest BCUT2D eigenvalue weighted by molar-refractivity contribution is 5.89. The van der Waals surface area contributed by atoms with Crippen molar-refractivity contribution in [2.75, 3.05) is 14.2 Å². The lowest BCUT2D eigenvalue weighted by molar-refractivity contribution is -0.138. The summed E-state index contributed by atoms with van der Waals surface area (Å²) in [6.45, 7) is 11.8. The van der Waals surface area contributed by atoms with Crippen molar-refractivity contribution >= 4 is 46.1 Å². The summed E-state index contributed by atoms with van der Waals surface area (Å²) < 4.78 is 9.66. The first-order valence-corrected chi connectivity index (χ1v) is 21.3. The number of imidazole rings is 2. The van der Waals surface area contributed by atoms with Gasteiger partial charge >= 0.3 is 12.2 Å². The van der Waals surface area contributed by atoms with Gasteiger partial charge in [0.15, 0.2) is 0 Å². The van der Waals surface area contributed by atoms with Gasteiger partial charge in [-0.05, 0) is 96.9 Å². The van der Waals surface area contributed by atoms with Crippen LogP contribution >= 0.6 is 0 Å². The second-order valence-corrected chi connectivity index (χ2v) is 16.8. The number of amides is 4. The zero-order valence-electron chi connectivity index (χ0n) is 35.9. The highest BCUT2D eigenvalue weighted by Crippen LogP contribution is 2.40. The Labute approximate surface area is 351 Å². The van der Waals surface area contributed by atoms with Gasteiger partial charge in [0, 0.05) is 12.1 Å². The summed E-state index contributed by atoms with van der Waals surface area (Å²) >= 11 is 0. The van der Waals surface area contributed by atoms with Crippen LogP contribution in [-0.4, -0.2) is 92.1 Å². The molecule has 0 bridgehead atoms. The van der Waals surface area contributed by atoms with Crippen LogP contribution in [0.3, 0.4) is 0 Å². The molecule has 4 heterocycles. The minimum Gasteiger partial charge on any atom is -0.453 e. The highest BCUT2D eigenvalue weighted by atomic mass is 16.5. The number of H-pyrrole nitrogens is 2. The Morgan fingerprint density at radius 1 is 0.617 bits per heavy atom. The van der Waals surface area contributed by atoms with Crippen LogP contribution in [0.5, 0.6) is 0 Å². The van der Waals surface area contributed by atoms with E-state index in [1.165, 1.54) is 14.2 Å². The van der Waals surface area contributed by atoms with E-state index in [-0.39, 0.29) is 47.8 Å². The molecule has 7 rings (SSSR count). The molecular formula is C46H58N8O6. The Hall–Kier alpha value is -5.92. The summed E-state index contributed by atoms with van der Waals surface area (Å²) in [5.74, 6) is 0.998. The van der Waals surface area contributed by atoms with E-state index in [2.05, 4.69) is 83.0 Å². The standard InChI is InChI=1S/C46H58N8O6/c1-9-31-17-21-37(53(31)43(55)39(25(3)4)51-45(57)59-7)41-47-33-19-15-29(23-35(33)49-41)27-11-13-28(14-12-27)30-16-20-34-36(24-30)50-42(48-34)38-22-18-32(10-2)54(38)44(56)40(26(5)6)52-46(58)60-8/h11-16,19-20,23-26,31-32,37-40H,9-10,17-18,21-22H2,1-8H3,(H,47,49)(H,48,50)(H,51,57)(H,52,58)/t31-,32-,37+,38+,39+,40+/m1/s1. The number of methoxy groups -OCH3 is 2. The number of benzene rings is 3. The number of aromatic amines is 2. The number of alkyl carbamates (subject to hydrolysis) is 2. The summed E-state index contributed by atoms with van der Waals surface area (Å²) in [6, 6.07) is 19.0. The molecular weight excluding hydrogens is 761 g/mol. The fraction of sp³-hybridized carbons (Fsp3) is 0.478. The van der Waals surface area contributed by atoms with Crippen molar-refractivity contribution < 1.29 is 28.7 Å². The number of aromatic nitrogens is 4. The van der Waals surface area contributed by atoms with E-state index in [4.69, 9.17) is 19.4 Å². The molecule has 318 valence electrons. The summed E-state index contributed by atoms with van der Waals surface area (Å²) in [5.41, 5.74) is 7.60. The minimum absolute atomic E-state index is 0.0456. The predicted octanol–water partition coefficient (Wildman–Crippen LogP) is 8.42. The van der Waals surface area contributed by atoms with Gasteiger partial charge < -0.3 is 39.9 Å². The zero-order valence-corrected chi connectivity index (χ0v) is 35.9. The molecule has 2 aliphatic rings. The first-order valence-electron chi connectivity index (χ1n) is 21.3. The molecule has 0 spiro atoms. The number of nitrogens with one attached hydrogen (secondary N) is 4. The monoisotopic (exact) mass is 818 g/mol. The lowest BCUT2D eigenvalue weighted by atomic mass is 10.00. The molecule has 6 atom stereocenters. The zero-order chi connectivity index (χ0) is 42.8. The molecule has 0 radical (unpaired) electrons. The van der Waals surface area contributed by atoms with Crippen LogP contribution in [0.25, 0.3) is 44.3 Å². The molecule has 4 amide bonds. The van der Waals surface area contributed by atoms with Crippen molar-refractivity contribution in [3.05, 3.63) is 72.3 Å². The number of nitrogens with zero attached hydrogens (tertiary/aromatic N) is 4. The maximum Gasteiger partial charge on any atom is 0.407 e. The Balaban J connectivity index is 1.09. The normalized spacial score (nSPS) is 20.2. The topological polar surface area (TPSA) is 175 Å². The lowest BCUT2D eigenvalue weighted by Crippen LogP contribution is -2.53. The van der Waals surface area contributed by atoms with E-state index in [0.717, 1.165) is 94.5 Å². The summed E-state index contributed by atoms with van der Waals surface area (Å²) in [7, 11) is 2.60. The van der Waals surface area contributed by atoms with Gasteiger partial charge in [-0.3, -0.25) is 9.59 Å². The largest absolute Gasteiger partial charge is 0.453 e. The van der Waals surface area contributed by atoms with Gasteiger partial charge in [0.1, 0.15) is 23.7 Å². The van der Waals surface area contributed by atoms with Crippen molar-refractivity contribution in [2.45, 2.75) is 116 Å². The predicted molar refractivity (Wildman–Crippen MR) is 231 cm³/mol. The molecule has 2 saturated heterocycles. The van der Waals surface area contributed by atoms with E-state index in [9.17, 15) is 19.2 Å². The van der Waals surface area contributed by atoms with E-state index in [0.29, 0.717) is 0 Å². The Morgan fingerprint density at radius 3 is 1.32 bits per heavy atom. The van der Waals surface area contributed by atoms with Crippen molar-refractivity contribution in [3.8, 4) is 22.3 Å². The first kappa shape index (κ1) is 42.2. The van der Waals surface area contributed by atoms with E-state index in [1.54, 1.807) is 0 Å².